The van der Waals surface area contributed by atoms with E-state index in [0.717, 1.165) is 135 Å². The Morgan fingerprint density at radius 1 is 0.306 bits per heavy atom. The van der Waals surface area contributed by atoms with E-state index in [0.29, 0.717) is 66.8 Å². The van der Waals surface area contributed by atoms with Crippen LogP contribution in [0.25, 0.3) is 55.0 Å². The van der Waals surface area contributed by atoms with E-state index in [1.54, 1.807) is 0 Å². The van der Waals surface area contributed by atoms with Crippen LogP contribution in [0.5, 0.6) is 23.0 Å². The number of rotatable bonds is 36. The van der Waals surface area contributed by atoms with Crippen molar-refractivity contribution in [3.05, 3.63) is 178 Å². The predicted octanol–water partition coefficient (Wildman–Crippen LogP) is 27.5. The number of fused-ring (bicyclic) bond motifs is 14. The molecule has 2 aliphatic rings. The van der Waals surface area contributed by atoms with Gasteiger partial charge in [-0.15, -0.1) is 0 Å². The van der Waals surface area contributed by atoms with Crippen LogP contribution < -0.4 is 29.0 Å². The van der Waals surface area contributed by atoms with Crippen LogP contribution >= 0.6 is 0 Å². The number of hydrazine groups is 1. The van der Waals surface area contributed by atoms with E-state index in [1.807, 2.05) is 0 Å². The molecule has 2 N–H and O–H groups in total. The number of H-pyrrole nitrogens is 2. The summed E-state index contributed by atoms with van der Waals surface area (Å²) in [7, 11) is 0. The fourth-order valence-electron chi connectivity index (χ4n) is 14.8. The van der Waals surface area contributed by atoms with Gasteiger partial charge in [0.25, 0.3) is 5.95 Å². The van der Waals surface area contributed by atoms with E-state index in [-0.39, 0.29) is 21.7 Å². The molecular formula is C96H128N8O4. The second kappa shape index (κ2) is 36.7. The van der Waals surface area contributed by atoms with Crippen LogP contribution in [-0.2, 0) is 21.7 Å². The SMILES string of the molecule is CCCCCCCCOc1cc2c3cc4nc(nc5[nH]c(nc6nc(cc([nH]3)c2cc1OCCCCCCCC)N(c1ccc(C(C)(C)C)cc1)N6c1ccc(C(C)(C)C)cc1)c1cc(OCCCCCCCC)c(OCCCCCCCC)cc51)C(c1ccc(C(C)(C)C)cc1)=C4c1ccc(C(C)(C)C)cc1. The van der Waals surface area contributed by atoms with Crippen molar-refractivity contribution in [2.75, 3.05) is 36.4 Å². The molecule has 12 nitrogen and oxygen atoms in total. The third kappa shape index (κ3) is 20.2. The Hall–Kier alpha value is -8.64. The number of anilines is 4. The molecule has 0 spiro atoms. The van der Waals surface area contributed by atoms with Gasteiger partial charge in [0.1, 0.15) is 11.3 Å². The first-order valence-electron chi connectivity index (χ1n) is 41.7. The Bertz CT molecular complexity index is 4320. The van der Waals surface area contributed by atoms with Crippen LogP contribution in [0.3, 0.4) is 0 Å². The van der Waals surface area contributed by atoms with E-state index < -0.39 is 0 Å². The summed E-state index contributed by atoms with van der Waals surface area (Å²) in [6.45, 7) is 38.6. The van der Waals surface area contributed by atoms with Gasteiger partial charge in [0.2, 0.25) is 0 Å². The van der Waals surface area contributed by atoms with Crippen LogP contribution in [0.1, 0.15) is 310 Å². The Kier molecular flexibility index (Phi) is 27.3. The van der Waals surface area contributed by atoms with Crippen molar-refractivity contribution in [2.45, 2.75) is 287 Å². The van der Waals surface area contributed by atoms with Crippen LogP contribution in [0, 0.1) is 0 Å². The monoisotopic (exact) mass is 1460 g/mol. The topological polar surface area (TPSA) is 127 Å². The summed E-state index contributed by atoms with van der Waals surface area (Å²) in [4.78, 5) is 31.4. The van der Waals surface area contributed by atoms with Crippen molar-refractivity contribution in [1.29, 1.82) is 0 Å². The summed E-state index contributed by atoms with van der Waals surface area (Å²) >= 11 is 0. The molecule has 12 heteroatoms. The normalized spacial score (nSPS) is 13.0. The average molecular weight is 1460 g/mol. The van der Waals surface area contributed by atoms with Gasteiger partial charge < -0.3 is 28.9 Å². The van der Waals surface area contributed by atoms with Gasteiger partial charge in [-0.1, -0.05) is 312 Å². The van der Waals surface area contributed by atoms with Gasteiger partial charge in [0.05, 0.1) is 49.0 Å². The van der Waals surface area contributed by atoms with Gasteiger partial charge in [0, 0.05) is 44.3 Å². The van der Waals surface area contributed by atoms with E-state index in [2.05, 4.69) is 264 Å². The summed E-state index contributed by atoms with van der Waals surface area (Å²) in [5.41, 5.74) is 13.9. The number of benzene rings is 6. The number of hydrogen-bond donors (Lipinski definition) is 2. The van der Waals surface area contributed by atoms with Crippen molar-refractivity contribution in [3.63, 3.8) is 0 Å². The number of aromatic nitrogens is 6. The Balaban J connectivity index is 1.26. The second-order valence-electron chi connectivity index (χ2n) is 34.7. The third-order valence-electron chi connectivity index (χ3n) is 21.6. The van der Waals surface area contributed by atoms with Crippen molar-refractivity contribution in [1.82, 2.24) is 29.9 Å². The molecule has 2 aliphatic heterocycles. The van der Waals surface area contributed by atoms with Crippen LogP contribution in [0.2, 0.25) is 0 Å². The molecule has 11 rings (SSSR count). The zero-order valence-electron chi connectivity index (χ0n) is 68.8. The maximum atomic E-state index is 7.01. The molecule has 0 amide bonds. The van der Waals surface area contributed by atoms with E-state index >= 15 is 0 Å². The molecule has 108 heavy (non-hydrogen) atoms. The van der Waals surface area contributed by atoms with E-state index in [4.69, 9.17) is 38.9 Å². The first-order chi connectivity index (χ1) is 51.9. The fourth-order valence-corrected chi connectivity index (χ4v) is 14.8. The van der Waals surface area contributed by atoms with Gasteiger partial charge in [-0.05, 0) is 135 Å². The first kappa shape index (κ1) is 80.4. The molecule has 0 aliphatic carbocycles. The third-order valence-corrected chi connectivity index (χ3v) is 21.6. The Morgan fingerprint density at radius 3 is 1.01 bits per heavy atom. The molecular weight excluding hydrogens is 1330 g/mol. The summed E-state index contributed by atoms with van der Waals surface area (Å²) in [6.07, 6.45) is 27.7. The maximum absolute atomic E-state index is 7.01. The van der Waals surface area contributed by atoms with Crippen molar-refractivity contribution in [3.8, 4) is 23.0 Å². The fraction of sp³-hybridized carbons (Fsp3) is 0.500. The van der Waals surface area contributed by atoms with Gasteiger partial charge in [-0.3, -0.25) is 0 Å². The molecule has 0 fully saturated rings. The highest BCUT2D eigenvalue weighted by molar-refractivity contribution is 6.12. The van der Waals surface area contributed by atoms with E-state index in [9.17, 15) is 0 Å². The van der Waals surface area contributed by atoms with Gasteiger partial charge in [-0.2, -0.15) is 9.97 Å². The first-order valence-corrected chi connectivity index (χ1v) is 41.7. The summed E-state index contributed by atoms with van der Waals surface area (Å²) < 4.78 is 28.0. The molecule has 0 unspecified atom stereocenters. The second-order valence-corrected chi connectivity index (χ2v) is 34.7. The lowest BCUT2D eigenvalue weighted by Gasteiger charge is -2.31. The van der Waals surface area contributed by atoms with Crippen molar-refractivity contribution >= 4 is 78.2 Å². The summed E-state index contributed by atoms with van der Waals surface area (Å²) in [5.74, 6) is 4.50. The number of unbranched alkanes of at least 4 members (excludes halogenated alkanes) is 20. The number of nitrogens with one attached hydrogen (secondary N) is 2. The lowest BCUT2D eigenvalue weighted by molar-refractivity contribution is 0.259. The number of aromatic amines is 2. The standard InChI is InChI=1S/C96H128N8O4/c1-17-21-25-29-33-37-57-105-82-61-75-76(62-83(82)106-58-38-34-30-26-22-18-2)80-66-86-99-92(104(74-55-51-72(52-56-74)96(14,15)16)103(86)73-53-49-71(50-54-73)95(11,12)13)102-90-78-64-85(108-60-40-36-32-28-24-20-4)84(107-59-39-35-31-27-23-19-3)63-77(78)89(100-90)101-91-88(68-43-47-70(48-44-68)94(8,9)10)87(81(98-91)65-79(75)97-80)67-41-45-69(46-42-67)93(5,6)7/h41-56,61-66,97H,17-40,57-60H2,1-16H3,(H,98,99,100,101,102). The Morgan fingerprint density at radius 2 is 0.630 bits per heavy atom. The Labute approximate surface area is 647 Å². The molecule has 0 saturated carbocycles. The number of hydrogen-bond acceptors (Lipinski definition) is 10. The zero-order chi connectivity index (χ0) is 76.6. The molecule has 3 aromatic heterocycles. The molecule has 0 radical (unpaired) electrons. The van der Waals surface area contributed by atoms with Crippen LogP contribution in [0.15, 0.2) is 133 Å². The largest absolute Gasteiger partial charge is 0.490 e. The summed E-state index contributed by atoms with van der Waals surface area (Å²) in [5, 5.41) is 7.97. The van der Waals surface area contributed by atoms with Crippen LogP contribution in [0.4, 0.5) is 23.1 Å². The van der Waals surface area contributed by atoms with Gasteiger partial charge in [0.15, 0.2) is 34.6 Å². The average Bonchev–Trinajstić information content (AvgIpc) is 1.58. The highest BCUT2D eigenvalue weighted by atomic mass is 16.5. The lowest BCUT2D eigenvalue weighted by atomic mass is 9.84. The minimum Gasteiger partial charge on any atom is -0.490 e. The van der Waals surface area contributed by atoms with Crippen molar-refractivity contribution < 1.29 is 18.9 Å². The molecule has 0 saturated heterocycles. The number of nitrogens with zero attached hydrogens (tertiary/aromatic N) is 6. The number of ether oxygens (including phenoxy) is 4. The molecule has 8 bridgehead atoms. The maximum Gasteiger partial charge on any atom is 0.253 e. The van der Waals surface area contributed by atoms with Crippen LogP contribution in [-0.4, -0.2) is 56.3 Å². The molecule has 576 valence electrons. The zero-order valence-corrected chi connectivity index (χ0v) is 68.8. The lowest BCUT2D eigenvalue weighted by Crippen LogP contribution is -2.32. The minimum atomic E-state index is -0.0957. The molecule has 0 atom stereocenters. The van der Waals surface area contributed by atoms with Gasteiger partial charge >= 0.3 is 0 Å². The van der Waals surface area contributed by atoms with E-state index in [1.165, 1.54) is 125 Å². The van der Waals surface area contributed by atoms with Crippen molar-refractivity contribution in [2.24, 2.45) is 0 Å². The minimum absolute atomic E-state index is 0.0785. The predicted molar refractivity (Wildman–Crippen MR) is 457 cm³/mol. The molecule has 5 heterocycles. The quantitative estimate of drug-likeness (QED) is 0.0367. The highest BCUT2D eigenvalue weighted by Crippen LogP contribution is 2.47. The highest BCUT2D eigenvalue weighted by Gasteiger charge is 2.33. The molecule has 9 aromatic rings. The summed E-state index contributed by atoms with van der Waals surface area (Å²) in [6, 6.07) is 49.2. The smallest absolute Gasteiger partial charge is 0.253 e. The van der Waals surface area contributed by atoms with Gasteiger partial charge in [-0.25, -0.2) is 20.0 Å². The molecule has 6 aromatic carbocycles.